The fourth-order valence-electron chi connectivity index (χ4n) is 2.32. The topological polar surface area (TPSA) is 32.7 Å². The van der Waals surface area contributed by atoms with Crippen LogP contribution in [0.25, 0.3) is 0 Å². The highest BCUT2D eigenvalue weighted by Crippen LogP contribution is 2.24. The number of hydrogen-bond acceptors (Lipinski definition) is 3. The molecule has 1 fully saturated rings. The Morgan fingerprint density at radius 2 is 1.82 bits per heavy atom. The van der Waals surface area contributed by atoms with Crippen molar-refractivity contribution in [2.45, 2.75) is 13.3 Å². The van der Waals surface area contributed by atoms with E-state index in [2.05, 4.69) is 24.0 Å². The predicted octanol–water partition coefficient (Wildman–Crippen LogP) is 3.80. The number of amides is 1. The van der Waals surface area contributed by atoms with Crippen LogP contribution in [-0.4, -0.2) is 28.3 Å². The van der Waals surface area contributed by atoms with Crippen LogP contribution in [0.1, 0.15) is 11.1 Å². The van der Waals surface area contributed by atoms with Gasteiger partial charge in [0.15, 0.2) is 5.17 Å². The van der Waals surface area contributed by atoms with Gasteiger partial charge in [0.25, 0.3) is 0 Å². The molecule has 3 nitrogen and oxygen atoms in total. The van der Waals surface area contributed by atoms with E-state index in [9.17, 15) is 4.79 Å². The molecule has 0 radical (unpaired) electrons. The molecule has 3 rings (SSSR count). The summed E-state index contributed by atoms with van der Waals surface area (Å²) in [6.45, 7) is 2.73. The SMILES string of the molecule is Cc1ccc(N=C2SCC(=O)N2CCc2ccccc2)cc1. The fraction of sp³-hybridized carbons (Fsp3) is 0.222. The normalized spacial score (nSPS) is 16.5. The fourth-order valence-corrected chi connectivity index (χ4v) is 3.24. The Kier molecular flexibility index (Phi) is 4.59. The summed E-state index contributed by atoms with van der Waals surface area (Å²) < 4.78 is 0. The van der Waals surface area contributed by atoms with Crippen molar-refractivity contribution >= 4 is 28.5 Å². The molecule has 2 aromatic rings. The van der Waals surface area contributed by atoms with Crippen molar-refractivity contribution in [1.82, 2.24) is 4.90 Å². The van der Waals surface area contributed by atoms with Crippen LogP contribution in [0.4, 0.5) is 5.69 Å². The molecule has 112 valence electrons. The van der Waals surface area contributed by atoms with Crippen LogP contribution in [0.15, 0.2) is 59.6 Å². The third-order valence-electron chi connectivity index (χ3n) is 3.58. The number of aliphatic imine (C=N–C) groups is 1. The highest BCUT2D eigenvalue weighted by molar-refractivity contribution is 8.15. The van der Waals surface area contributed by atoms with Crippen molar-refractivity contribution in [2.75, 3.05) is 12.3 Å². The summed E-state index contributed by atoms with van der Waals surface area (Å²) >= 11 is 1.52. The van der Waals surface area contributed by atoms with Gasteiger partial charge in [-0.15, -0.1) is 0 Å². The monoisotopic (exact) mass is 310 g/mol. The van der Waals surface area contributed by atoms with Gasteiger partial charge in [0.1, 0.15) is 0 Å². The molecule has 0 unspecified atom stereocenters. The first kappa shape index (κ1) is 14.9. The van der Waals surface area contributed by atoms with Crippen LogP contribution in [0.5, 0.6) is 0 Å². The van der Waals surface area contributed by atoms with E-state index in [1.54, 1.807) is 4.90 Å². The van der Waals surface area contributed by atoms with Gasteiger partial charge in [-0.05, 0) is 31.0 Å². The molecule has 1 aliphatic heterocycles. The summed E-state index contributed by atoms with van der Waals surface area (Å²) in [4.78, 5) is 18.5. The van der Waals surface area contributed by atoms with Gasteiger partial charge in [-0.3, -0.25) is 9.69 Å². The first-order chi connectivity index (χ1) is 10.7. The molecule has 0 N–H and O–H groups in total. The Morgan fingerprint density at radius 1 is 1.09 bits per heavy atom. The number of carbonyl (C=O) groups is 1. The van der Waals surface area contributed by atoms with Crippen molar-refractivity contribution in [3.05, 3.63) is 65.7 Å². The first-order valence-electron chi connectivity index (χ1n) is 7.35. The van der Waals surface area contributed by atoms with E-state index in [0.717, 1.165) is 17.3 Å². The quantitative estimate of drug-likeness (QED) is 0.860. The second kappa shape index (κ2) is 6.79. The van der Waals surface area contributed by atoms with Crippen molar-refractivity contribution in [2.24, 2.45) is 4.99 Å². The number of hydrogen-bond donors (Lipinski definition) is 0. The zero-order valence-corrected chi connectivity index (χ0v) is 13.3. The minimum Gasteiger partial charge on any atom is -0.290 e. The summed E-state index contributed by atoms with van der Waals surface area (Å²) in [5.41, 5.74) is 3.34. The molecule has 0 aliphatic carbocycles. The Labute approximate surface area is 135 Å². The molecule has 1 amide bonds. The molecule has 2 aromatic carbocycles. The summed E-state index contributed by atoms with van der Waals surface area (Å²) in [5.74, 6) is 0.631. The molecule has 1 aliphatic rings. The smallest absolute Gasteiger partial charge is 0.239 e. The first-order valence-corrected chi connectivity index (χ1v) is 8.33. The van der Waals surface area contributed by atoms with Crippen molar-refractivity contribution in [3.8, 4) is 0 Å². The molecule has 0 spiro atoms. The minimum atomic E-state index is 0.145. The number of benzene rings is 2. The number of aryl methyl sites for hydroxylation is 1. The van der Waals surface area contributed by atoms with Gasteiger partial charge in [0.2, 0.25) is 5.91 Å². The average Bonchev–Trinajstić information content (AvgIpc) is 2.89. The van der Waals surface area contributed by atoms with Gasteiger partial charge in [-0.1, -0.05) is 59.8 Å². The van der Waals surface area contributed by atoms with Gasteiger partial charge >= 0.3 is 0 Å². The largest absolute Gasteiger partial charge is 0.290 e. The summed E-state index contributed by atoms with van der Waals surface area (Å²) in [7, 11) is 0. The lowest BCUT2D eigenvalue weighted by Crippen LogP contribution is -2.31. The number of rotatable bonds is 4. The van der Waals surface area contributed by atoms with Crippen LogP contribution in [0.2, 0.25) is 0 Å². The summed E-state index contributed by atoms with van der Waals surface area (Å²) in [6, 6.07) is 18.3. The van der Waals surface area contributed by atoms with E-state index in [4.69, 9.17) is 0 Å². The van der Waals surface area contributed by atoms with Crippen LogP contribution in [-0.2, 0) is 11.2 Å². The molecule has 4 heteroatoms. The predicted molar refractivity (Wildman–Crippen MR) is 92.6 cm³/mol. The highest BCUT2D eigenvalue weighted by Gasteiger charge is 2.27. The third-order valence-corrected chi connectivity index (χ3v) is 4.54. The highest BCUT2D eigenvalue weighted by atomic mass is 32.2. The molecule has 1 saturated heterocycles. The zero-order chi connectivity index (χ0) is 15.4. The van der Waals surface area contributed by atoms with Crippen molar-refractivity contribution < 1.29 is 4.79 Å². The zero-order valence-electron chi connectivity index (χ0n) is 12.5. The maximum Gasteiger partial charge on any atom is 0.239 e. The molecular formula is C18H18N2OS. The van der Waals surface area contributed by atoms with E-state index in [1.165, 1.54) is 22.9 Å². The second-order valence-electron chi connectivity index (χ2n) is 5.30. The summed E-state index contributed by atoms with van der Waals surface area (Å²) in [5, 5.41) is 0.810. The van der Waals surface area contributed by atoms with Crippen molar-refractivity contribution in [1.29, 1.82) is 0 Å². The Balaban J connectivity index is 1.73. The van der Waals surface area contributed by atoms with Gasteiger partial charge < -0.3 is 0 Å². The molecule has 0 atom stereocenters. The van der Waals surface area contributed by atoms with Crippen LogP contribution in [0.3, 0.4) is 0 Å². The van der Waals surface area contributed by atoms with Gasteiger partial charge in [0.05, 0.1) is 11.4 Å². The van der Waals surface area contributed by atoms with E-state index < -0.39 is 0 Å². The van der Waals surface area contributed by atoms with E-state index in [-0.39, 0.29) is 5.91 Å². The van der Waals surface area contributed by atoms with Crippen LogP contribution >= 0.6 is 11.8 Å². The lowest BCUT2D eigenvalue weighted by Gasteiger charge is -2.16. The lowest BCUT2D eigenvalue weighted by atomic mass is 10.1. The van der Waals surface area contributed by atoms with E-state index in [1.807, 2.05) is 42.5 Å². The van der Waals surface area contributed by atoms with Crippen LogP contribution < -0.4 is 0 Å². The standard InChI is InChI=1S/C18H18N2OS/c1-14-7-9-16(10-8-14)19-18-20(17(21)13-22-18)12-11-15-5-3-2-4-6-15/h2-10H,11-13H2,1H3. The average molecular weight is 310 g/mol. The molecule has 0 bridgehead atoms. The molecule has 0 saturated carbocycles. The molecule has 0 aromatic heterocycles. The van der Waals surface area contributed by atoms with Crippen LogP contribution in [0, 0.1) is 6.92 Å². The Hall–Kier alpha value is -2.07. The number of amidine groups is 1. The van der Waals surface area contributed by atoms with Gasteiger partial charge in [-0.25, -0.2) is 4.99 Å². The lowest BCUT2D eigenvalue weighted by molar-refractivity contribution is -0.124. The van der Waals surface area contributed by atoms with E-state index >= 15 is 0 Å². The second-order valence-corrected chi connectivity index (χ2v) is 6.24. The molecule has 22 heavy (non-hydrogen) atoms. The van der Waals surface area contributed by atoms with Crippen molar-refractivity contribution in [3.63, 3.8) is 0 Å². The Bertz CT molecular complexity index is 680. The number of carbonyl (C=O) groups excluding carboxylic acids is 1. The maximum absolute atomic E-state index is 12.1. The van der Waals surface area contributed by atoms with Gasteiger partial charge in [-0.2, -0.15) is 0 Å². The summed E-state index contributed by atoms with van der Waals surface area (Å²) in [6.07, 6.45) is 0.847. The van der Waals surface area contributed by atoms with E-state index in [0.29, 0.717) is 12.3 Å². The minimum absolute atomic E-state index is 0.145. The molecular weight excluding hydrogens is 292 g/mol. The number of nitrogens with zero attached hydrogens (tertiary/aromatic N) is 2. The Morgan fingerprint density at radius 3 is 2.55 bits per heavy atom. The number of thioether (sulfide) groups is 1. The maximum atomic E-state index is 12.1. The third kappa shape index (κ3) is 3.57. The van der Waals surface area contributed by atoms with Gasteiger partial charge in [0, 0.05) is 6.54 Å². The molecule has 1 heterocycles.